The largest absolute Gasteiger partial charge is 0.478 e. The number of hydrogen-bond acceptors (Lipinski definition) is 1. The summed E-state index contributed by atoms with van der Waals surface area (Å²) in [6, 6.07) is 11.8. The standard InChI is InChI=1S/C20H18O2/c1-2-6-18-17(9-5-10-19(18)20(21)22)16-12-11-14-7-3-4-8-15(14)13-16/h5,9-13H,3-4,7-8H2,1H3,(H,21,22). The summed E-state index contributed by atoms with van der Waals surface area (Å²) in [5.41, 5.74) is 5.65. The first-order valence-electron chi connectivity index (χ1n) is 7.62. The minimum absolute atomic E-state index is 0.268. The van der Waals surface area contributed by atoms with E-state index in [0.29, 0.717) is 5.56 Å². The molecule has 2 aromatic rings. The lowest BCUT2D eigenvalue weighted by atomic mass is 9.87. The third-order valence-corrected chi connectivity index (χ3v) is 4.20. The third kappa shape index (κ3) is 2.63. The van der Waals surface area contributed by atoms with Gasteiger partial charge < -0.3 is 5.11 Å². The second kappa shape index (κ2) is 6.07. The minimum Gasteiger partial charge on any atom is -0.478 e. The van der Waals surface area contributed by atoms with Crippen molar-refractivity contribution in [1.29, 1.82) is 0 Å². The highest BCUT2D eigenvalue weighted by molar-refractivity contribution is 5.94. The van der Waals surface area contributed by atoms with E-state index in [1.165, 1.54) is 24.0 Å². The summed E-state index contributed by atoms with van der Waals surface area (Å²) >= 11 is 0. The smallest absolute Gasteiger partial charge is 0.336 e. The van der Waals surface area contributed by atoms with Gasteiger partial charge in [0.25, 0.3) is 0 Å². The molecule has 0 aromatic heterocycles. The van der Waals surface area contributed by atoms with Gasteiger partial charge in [-0.1, -0.05) is 36.3 Å². The van der Waals surface area contributed by atoms with Gasteiger partial charge in [-0.05, 0) is 60.9 Å². The Labute approximate surface area is 130 Å². The molecule has 0 spiro atoms. The summed E-state index contributed by atoms with van der Waals surface area (Å²) in [6.07, 6.45) is 4.74. The highest BCUT2D eigenvalue weighted by Crippen LogP contribution is 2.30. The molecule has 110 valence electrons. The summed E-state index contributed by atoms with van der Waals surface area (Å²) in [7, 11) is 0. The van der Waals surface area contributed by atoms with Crippen LogP contribution in [0.5, 0.6) is 0 Å². The van der Waals surface area contributed by atoms with Crippen molar-refractivity contribution >= 4 is 5.97 Å². The van der Waals surface area contributed by atoms with Gasteiger partial charge in [0, 0.05) is 5.56 Å². The van der Waals surface area contributed by atoms with Crippen LogP contribution in [-0.2, 0) is 12.8 Å². The van der Waals surface area contributed by atoms with E-state index in [2.05, 4.69) is 30.0 Å². The number of fused-ring (bicyclic) bond motifs is 1. The second-order valence-corrected chi connectivity index (χ2v) is 5.60. The van der Waals surface area contributed by atoms with E-state index in [1.54, 1.807) is 19.1 Å². The Hall–Kier alpha value is -2.53. The fourth-order valence-corrected chi connectivity index (χ4v) is 3.13. The molecule has 0 bridgehead atoms. The van der Waals surface area contributed by atoms with Gasteiger partial charge in [0.2, 0.25) is 0 Å². The molecule has 2 aromatic carbocycles. The van der Waals surface area contributed by atoms with Crippen LogP contribution < -0.4 is 0 Å². The maximum atomic E-state index is 11.4. The monoisotopic (exact) mass is 290 g/mol. The van der Waals surface area contributed by atoms with Gasteiger partial charge in [0.15, 0.2) is 0 Å². The van der Waals surface area contributed by atoms with Crippen molar-refractivity contribution in [2.75, 3.05) is 0 Å². The minimum atomic E-state index is -0.933. The van der Waals surface area contributed by atoms with Crippen LogP contribution in [0, 0.1) is 11.8 Å². The molecule has 1 aliphatic carbocycles. The number of hydrogen-bond donors (Lipinski definition) is 1. The van der Waals surface area contributed by atoms with Crippen LogP contribution in [0.15, 0.2) is 36.4 Å². The number of carboxylic acid groups (broad SMARTS) is 1. The highest BCUT2D eigenvalue weighted by Gasteiger charge is 2.15. The normalized spacial score (nSPS) is 13.0. The van der Waals surface area contributed by atoms with E-state index in [4.69, 9.17) is 0 Å². The summed E-state index contributed by atoms with van der Waals surface area (Å²) in [5, 5.41) is 9.39. The molecule has 0 fully saturated rings. The molecule has 0 saturated carbocycles. The van der Waals surface area contributed by atoms with Crippen molar-refractivity contribution in [3.63, 3.8) is 0 Å². The number of aryl methyl sites for hydroxylation is 2. The topological polar surface area (TPSA) is 37.3 Å². The molecule has 0 saturated heterocycles. The third-order valence-electron chi connectivity index (χ3n) is 4.20. The number of carboxylic acids is 1. The zero-order chi connectivity index (χ0) is 15.5. The number of benzene rings is 2. The molecule has 1 N–H and O–H groups in total. The van der Waals surface area contributed by atoms with Gasteiger partial charge >= 0.3 is 5.97 Å². The SMILES string of the molecule is CC#Cc1c(C(=O)O)cccc1-c1ccc2c(c1)CCCC2. The molecule has 2 nitrogen and oxygen atoms in total. The maximum Gasteiger partial charge on any atom is 0.336 e. The Kier molecular flexibility index (Phi) is 3.98. The zero-order valence-corrected chi connectivity index (χ0v) is 12.6. The van der Waals surface area contributed by atoms with E-state index >= 15 is 0 Å². The van der Waals surface area contributed by atoms with Crippen LogP contribution >= 0.6 is 0 Å². The molecular weight excluding hydrogens is 272 g/mol. The average Bonchev–Trinajstić information content (AvgIpc) is 2.54. The Morgan fingerprint density at radius 3 is 2.59 bits per heavy atom. The maximum absolute atomic E-state index is 11.4. The number of aromatic carboxylic acids is 1. The lowest BCUT2D eigenvalue weighted by Gasteiger charge is -2.17. The van der Waals surface area contributed by atoms with Crippen LogP contribution in [0.3, 0.4) is 0 Å². The van der Waals surface area contributed by atoms with E-state index < -0.39 is 5.97 Å². The first kappa shape index (κ1) is 14.4. The van der Waals surface area contributed by atoms with E-state index in [0.717, 1.165) is 24.0 Å². The molecule has 0 aliphatic heterocycles. The quantitative estimate of drug-likeness (QED) is 0.837. The van der Waals surface area contributed by atoms with Gasteiger partial charge in [-0.25, -0.2) is 4.79 Å². The molecule has 0 radical (unpaired) electrons. The highest BCUT2D eigenvalue weighted by atomic mass is 16.4. The average molecular weight is 290 g/mol. The summed E-state index contributed by atoms with van der Waals surface area (Å²) in [4.78, 5) is 11.4. The first-order chi connectivity index (χ1) is 10.7. The summed E-state index contributed by atoms with van der Waals surface area (Å²) in [6.45, 7) is 1.73. The molecule has 0 heterocycles. The Morgan fingerprint density at radius 2 is 1.86 bits per heavy atom. The summed E-state index contributed by atoms with van der Waals surface area (Å²) in [5.74, 6) is 4.88. The first-order valence-corrected chi connectivity index (χ1v) is 7.62. The van der Waals surface area contributed by atoms with E-state index in [1.807, 2.05) is 6.07 Å². The van der Waals surface area contributed by atoms with E-state index in [9.17, 15) is 9.90 Å². The fourth-order valence-electron chi connectivity index (χ4n) is 3.13. The number of rotatable bonds is 2. The molecule has 1 aliphatic rings. The van der Waals surface area contributed by atoms with E-state index in [-0.39, 0.29) is 5.56 Å². The van der Waals surface area contributed by atoms with Gasteiger partial charge in [0.05, 0.1) is 5.56 Å². The van der Waals surface area contributed by atoms with Crippen molar-refractivity contribution in [2.45, 2.75) is 32.6 Å². The van der Waals surface area contributed by atoms with Crippen molar-refractivity contribution in [3.05, 3.63) is 58.7 Å². The van der Waals surface area contributed by atoms with Crippen molar-refractivity contribution in [2.24, 2.45) is 0 Å². The van der Waals surface area contributed by atoms with Crippen LogP contribution in [0.4, 0.5) is 0 Å². The van der Waals surface area contributed by atoms with Crippen LogP contribution in [0.25, 0.3) is 11.1 Å². The molecule has 3 rings (SSSR count). The van der Waals surface area contributed by atoms with Crippen LogP contribution in [-0.4, -0.2) is 11.1 Å². The molecular formula is C20H18O2. The number of carbonyl (C=O) groups is 1. The Balaban J connectivity index is 2.17. The second-order valence-electron chi connectivity index (χ2n) is 5.60. The van der Waals surface area contributed by atoms with Gasteiger partial charge in [-0.15, -0.1) is 5.92 Å². The lowest BCUT2D eigenvalue weighted by Crippen LogP contribution is -2.04. The van der Waals surface area contributed by atoms with Crippen LogP contribution in [0.2, 0.25) is 0 Å². The summed E-state index contributed by atoms with van der Waals surface area (Å²) < 4.78 is 0. The Bertz CT molecular complexity index is 791. The van der Waals surface area contributed by atoms with Gasteiger partial charge in [0.1, 0.15) is 0 Å². The van der Waals surface area contributed by atoms with Gasteiger partial charge in [-0.2, -0.15) is 0 Å². The van der Waals surface area contributed by atoms with Crippen molar-refractivity contribution < 1.29 is 9.90 Å². The zero-order valence-electron chi connectivity index (χ0n) is 12.6. The molecule has 0 unspecified atom stereocenters. The molecule has 0 atom stereocenters. The predicted molar refractivity (Wildman–Crippen MR) is 88.0 cm³/mol. The lowest BCUT2D eigenvalue weighted by molar-refractivity contribution is 0.0696. The van der Waals surface area contributed by atoms with Crippen LogP contribution in [0.1, 0.15) is 46.8 Å². The van der Waals surface area contributed by atoms with Gasteiger partial charge in [-0.3, -0.25) is 0 Å². The Morgan fingerprint density at radius 1 is 1.09 bits per heavy atom. The fraction of sp³-hybridized carbons (Fsp3) is 0.250. The van der Waals surface area contributed by atoms with Crippen molar-refractivity contribution in [1.82, 2.24) is 0 Å². The molecule has 2 heteroatoms. The predicted octanol–water partition coefficient (Wildman–Crippen LogP) is 4.30. The molecule has 22 heavy (non-hydrogen) atoms. The van der Waals surface area contributed by atoms with Crippen molar-refractivity contribution in [3.8, 4) is 23.0 Å². The molecule has 0 amide bonds.